The lowest BCUT2D eigenvalue weighted by atomic mass is 10.0. The van der Waals surface area contributed by atoms with Gasteiger partial charge in [-0.2, -0.15) is 0 Å². The first-order chi connectivity index (χ1) is 9.19. The van der Waals surface area contributed by atoms with Crippen molar-refractivity contribution in [3.05, 3.63) is 42.0 Å². The smallest absolute Gasteiger partial charge is 0.0663 e. The second-order valence-corrected chi connectivity index (χ2v) is 4.91. The lowest BCUT2D eigenvalue weighted by Gasteiger charge is -2.28. The van der Waals surface area contributed by atoms with E-state index >= 15 is 0 Å². The first-order valence-electron chi connectivity index (χ1n) is 6.61. The minimum absolute atomic E-state index is 0.331. The maximum atomic E-state index is 5.82. The van der Waals surface area contributed by atoms with E-state index in [1.54, 1.807) is 7.11 Å². The van der Waals surface area contributed by atoms with E-state index in [0.29, 0.717) is 19.2 Å². The molecular weight excluding hydrogens is 236 g/mol. The summed E-state index contributed by atoms with van der Waals surface area (Å²) in [6, 6.07) is 13.0. The van der Waals surface area contributed by atoms with Gasteiger partial charge >= 0.3 is 0 Å². The maximum Gasteiger partial charge on any atom is 0.0663 e. The number of nitrogens with zero attached hydrogens (tertiary/aromatic N) is 1. The molecule has 0 saturated heterocycles. The average Bonchev–Trinajstić information content (AvgIpc) is 2.45. The molecule has 0 aliphatic carbocycles. The highest BCUT2D eigenvalue weighted by Crippen LogP contribution is 2.29. The molecule has 0 bridgehead atoms. The number of likely N-dealkylation sites (N-methyl/N-ethyl adjacent to an activating group) is 1. The van der Waals surface area contributed by atoms with Crippen LogP contribution in [0.15, 0.2) is 36.4 Å². The van der Waals surface area contributed by atoms with Crippen LogP contribution in [0.1, 0.15) is 12.5 Å². The molecule has 0 fully saturated rings. The number of benzene rings is 2. The van der Waals surface area contributed by atoms with Crippen molar-refractivity contribution in [1.29, 1.82) is 0 Å². The lowest BCUT2D eigenvalue weighted by Crippen LogP contribution is -2.32. The monoisotopic (exact) mass is 258 g/mol. The number of fused-ring (bicyclic) bond motifs is 1. The Hall–Kier alpha value is -1.58. The minimum Gasteiger partial charge on any atom is -0.383 e. The summed E-state index contributed by atoms with van der Waals surface area (Å²) in [6.07, 6.45) is 0. The SMILES string of the molecule is COCC(C)N(C)c1ccc(CN)c2ccccc12. The van der Waals surface area contributed by atoms with Crippen molar-refractivity contribution >= 4 is 16.5 Å². The van der Waals surface area contributed by atoms with E-state index in [0.717, 1.165) is 0 Å². The quantitative estimate of drug-likeness (QED) is 0.896. The summed E-state index contributed by atoms with van der Waals surface area (Å²) >= 11 is 0. The predicted octanol–water partition coefficient (Wildman–Crippen LogP) is 2.77. The van der Waals surface area contributed by atoms with Crippen LogP contribution in [0.2, 0.25) is 0 Å². The van der Waals surface area contributed by atoms with Gasteiger partial charge in [0.1, 0.15) is 0 Å². The second-order valence-electron chi connectivity index (χ2n) is 4.91. The standard InChI is InChI=1S/C16H22N2O/c1-12(11-19-3)18(2)16-9-8-13(10-17)14-6-4-5-7-15(14)16/h4-9,12H,10-11,17H2,1-3H3. The van der Waals surface area contributed by atoms with Crippen molar-refractivity contribution in [2.45, 2.75) is 19.5 Å². The molecule has 1 unspecified atom stereocenters. The Balaban J connectivity index is 2.50. The average molecular weight is 258 g/mol. The molecule has 2 aromatic carbocycles. The number of nitrogens with two attached hydrogens (primary N) is 1. The first kappa shape index (κ1) is 13.8. The van der Waals surface area contributed by atoms with Crippen molar-refractivity contribution in [2.75, 3.05) is 25.7 Å². The van der Waals surface area contributed by atoms with E-state index in [9.17, 15) is 0 Å². The summed E-state index contributed by atoms with van der Waals surface area (Å²) in [5.41, 5.74) is 8.22. The van der Waals surface area contributed by atoms with Crippen LogP contribution in [0, 0.1) is 0 Å². The van der Waals surface area contributed by atoms with Gasteiger partial charge < -0.3 is 15.4 Å². The molecule has 19 heavy (non-hydrogen) atoms. The molecule has 1 atom stereocenters. The highest BCUT2D eigenvalue weighted by molar-refractivity contribution is 5.96. The number of ether oxygens (including phenoxy) is 1. The van der Waals surface area contributed by atoms with Gasteiger partial charge in [-0.1, -0.05) is 30.3 Å². The lowest BCUT2D eigenvalue weighted by molar-refractivity contribution is 0.183. The Kier molecular flexibility index (Phi) is 4.40. The van der Waals surface area contributed by atoms with E-state index in [1.165, 1.54) is 22.0 Å². The topological polar surface area (TPSA) is 38.5 Å². The number of rotatable bonds is 5. The minimum atomic E-state index is 0.331. The molecule has 0 radical (unpaired) electrons. The van der Waals surface area contributed by atoms with Gasteiger partial charge in [0, 0.05) is 37.8 Å². The van der Waals surface area contributed by atoms with Crippen LogP contribution in [0.4, 0.5) is 5.69 Å². The summed E-state index contributed by atoms with van der Waals surface area (Å²) in [5.74, 6) is 0. The Morgan fingerprint density at radius 2 is 1.84 bits per heavy atom. The fraction of sp³-hybridized carbons (Fsp3) is 0.375. The molecule has 0 spiro atoms. The Labute approximate surface area is 115 Å². The third kappa shape index (κ3) is 2.72. The normalized spacial score (nSPS) is 12.6. The molecule has 3 nitrogen and oxygen atoms in total. The molecule has 2 aromatic rings. The maximum absolute atomic E-state index is 5.82. The fourth-order valence-corrected chi connectivity index (χ4v) is 2.42. The number of methoxy groups -OCH3 is 1. The summed E-state index contributed by atoms with van der Waals surface area (Å²) < 4.78 is 5.24. The molecule has 0 aromatic heterocycles. The Bertz CT molecular complexity index is 553. The van der Waals surface area contributed by atoms with Gasteiger partial charge in [0.2, 0.25) is 0 Å². The molecular formula is C16H22N2O. The van der Waals surface area contributed by atoms with Crippen molar-refractivity contribution in [3.63, 3.8) is 0 Å². The summed E-state index contributed by atoms with van der Waals surface area (Å²) in [5, 5.41) is 2.48. The van der Waals surface area contributed by atoms with Gasteiger partial charge in [-0.15, -0.1) is 0 Å². The van der Waals surface area contributed by atoms with Crippen molar-refractivity contribution in [2.24, 2.45) is 5.73 Å². The predicted molar refractivity (Wildman–Crippen MR) is 81.6 cm³/mol. The third-order valence-corrected chi connectivity index (χ3v) is 3.66. The van der Waals surface area contributed by atoms with Crippen LogP contribution in [-0.4, -0.2) is 26.8 Å². The van der Waals surface area contributed by atoms with Gasteiger partial charge in [-0.25, -0.2) is 0 Å². The third-order valence-electron chi connectivity index (χ3n) is 3.66. The van der Waals surface area contributed by atoms with Gasteiger partial charge in [0.25, 0.3) is 0 Å². The fourth-order valence-electron chi connectivity index (χ4n) is 2.42. The van der Waals surface area contributed by atoms with Crippen LogP contribution in [0.3, 0.4) is 0 Å². The highest BCUT2D eigenvalue weighted by Gasteiger charge is 2.13. The van der Waals surface area contributed by atoms with Crippen molar-refractivity contribution in [1.82, 2.24) is 0 Å². The van der Waals surface area contributed by atoms with Gasteiger partial charge in [0.15, 0.2) is 0 Å². The van der Waals surface area contributed by atoms with Gasteiger partial charge in [0.05, 0.1) is 6.61 Å². The van der Waals surface area contributed by atoms with Gasteiger partial charge in [-0.3, -0.25) is 0 Å². The molecule has 0 amide bonds. The van der Waals surface area contributed by atoms with Crippen LogP contribution in [-0.2, 0) is 11.3 Å². The van der Waals surface area contributed by atoms with E-state index < -0.39 is 0 Å². The molecule has 3 heteroatoms. The number of anilines is 1. The van der Waals surface area contributed by atoms with Crippen molar-refractivity contribution in [3.8, 4) is 0 Å². The van der Waals surface area contributed by atoms with E-state index in [1.807, 2.05) is 0 Å². The zero-order valence-corrected chi connectivity index (χ0v) is 11.9. The summed E-state index contributed by atoms with van der Waals surface area (Å²) in [6.45, 7) is 3.44. The van der Waals surface area contributed by atoms with Crippen LogP contribution < -0.4 is 10.6 Å². The van der Waals surface area contributed by atoms with E-state index in [2.05, 4.69) is 55.3 Å². The van der Waals surface area contributed by atoms with Crippen LogP contribution in [0.5, 0.6) is 0 Å². The van der Waals surface area contributed by atoms with Crippen LogP contribution >= 0.6 is 0 Å². The first-order valence-corrected chi connectivity index (χ1v) is 6.61. The molecule has 0 heterocycles. The Morgan fingerprint density at radius 1 is 1.16 bits per heavy atom. The molecule has 2 rings (SSSR count). The number of hydrogen-bond acceptors (Lipinski definition) is 3. The summed E-state index contributed by atoms with van der Waals surface area (Å²) in [7, 11) is 3.84. The molecule has 0 aliphatic rings. The largest absolute Gasteiger partial charge is 0.383 e. The zero-order chi connectivity index (χ0) is 13.8. The molecule has 102 valence electrons. The number of hydrogen-bond donors (Lipinski definition) is 1. The molecule has 0 aliphatic heterocycles. The molecule has 0 saturated carbocycles. The highest BCUT2D eigenvalue weighted by atomic mass is 16.5. The van der Waals surface area contributed by atoms with Gasteiger partial charge in [-0.05, 0) is 23.9 Å². The van der Waals surface area contributed by atoms with E-state index in [4.69, 9.17) is 10.5 Å². The van der Waals surface area contributed by atoms with Crippen LogP contribution in [0.25, 0.3) is 10.8 Å². The van der Waals surface area contributed by atoms with Crippen molar-refractivity contribution < 1.29 is 4.74 Å². The Morgan fingerprint density at radius 3 is 2.47 bits per heavy atom. The zero-order valence-electron chi connectivity index (χ0n) is 11.9. The molecule has 2 N–H and O–H groups in total. The second kappa shape index (κ2) is 6.04. The van der Waals surface area contributed by atoms with E-state index in [-0.39, 0.29) is 0 Å². The summed E-state index contributed by atoms with van der Waals surface area (Å²) in [4.78, 5) is 2.26.